The number of nitrogens with two attached hydrogens (primary N) is 2. The normalized spacial score (nSPS) is 10.3. The lowest BCUT2D eigenvalue weighted by Gasteiger charge is -2.25. The first-order chi connectivity index (χ1) is 9.52. The van der Waals surface area contributed by atoms with E-state index in [-0.39, 0.29) is 0 Å². The van der Waals surface area contributed by atoms with Gasteiger partial charge in [0.1, 0.15) is 0 Å². The third kappa shape index (κ3) is 2.74. The van der Waals surface area contributed by atoms with Crippen LogP contribution in [0, 0.1) is 6.92 Å². The molecule has 0 aliphatic carbocycles. The van der Waals surface area contributed by atoms with Crippen LogP contribution in [0.1, 0.15) is 22.8 Å². The number of rotatable bonds is 4. The maximum absolute atomic E-state index is 11.2. The summed E-state index contributed by atoms with van der Waals surface area (Å²) in [5.41, 5.74) is 15.4. The predicted molar refractivity (Wildman–Crippen MR) is 83.2 cm³/mol. The molecule has 4 nitrogen and oxygen atoms in total. The number of aryl methyl sites for hydroxylation is 1. The molecule has 0 heterocycles. The molecule has 0 spiro atoms. The van der Waals surface area contributed by atoms with Gasteiger partial charge in [-0.1, -0.05) is 17.7 Å². The average molecular weight is 269 g/mol. The van der Waals surface area contributed by atoms with E-state index in [2.05, 4.69) is 43.0 Å². The third-order valence-corrected chi connectivity index (χ3v) is 3.26. The standard InChI is InChI=1S/C16H19N3O/c1-3-19(13-7-4-11(2)5-8-13)15-9-6-12(16(18)20)10-14(15)17/h4-10H,3,17H2,1-2H3,(H2,18,20). The molecule has 0 aliphatic heterocycles. The molecule has 0 aliphatic rings. The fourth-order valence-electron chi connectivity index (χ4n) is 2.17. The molecule has 4 heteroatoms. The number of hydrogen-bond donors (Lipinski definition) is 2. The van der Waals surface area contributed by atoms with Crippen LogP contribution in [-0.4, -0.2) is 12.5 Å². The Bertz CT molecular complexity index is 620. The van der Waals surface area contributed by atoms with Crippen LogP contribution in [0.15, 0.2) is 42.5 Å². The minimum atomic E-state index is -0.471. The number of carbonyl (C=O) groups is 1. The largest absolute Gasteiger partial charge is 0.397 e. The van der Waals surface area contributed by atoms with Gasteiger partial charge in [0.15, 0.2) is 0 Å². The molecule has 0 atom stereocenters. The van der Waals surface area contributed by atoms with Gasteiger partial charge in [-0.15, -0.1) is 0 Å². The SMILES string of the molecule is CCN(c1ccc(C)cc1)c1ccc(C(N)=O)cc1N. The molecular weight excluding hydrogens is 250 g/mol. The molecular formula is C16H19N3O. The Morgan fingerprint density at radius 2 is 1.80 bits per heavy atom. The van der Waals surface area contributed by atoms with Gasteiger partial charge in [-0.25, -0.2) is 0 Å². The van der Waals surface area contributed by atoms with Gasteiger partial charge in [0.05, 0.1) is 11.4 Å². The minimum Gasteiger partial charge on any atom is -0.397 e. The maximum Gasteiger partial charge on any atom is 0.248 e. The van der Waals surface area contributed by atoms with E-state index in [0.29, 0.717) is 11.3 Å². The van der Waals surface area contributed by atoms with Crippen molar-refractivity contribution in [2.75, 3.05) is 17.2 Å². The number of nitrogen functional groups attached to an aromatic ring is 1. The Morgan fingerprint density at radius 1 is 1.15 bits per heavy atom. The van der Waals surface area contributed by atoms with Crippen molar-refractivity contribution in [3.8, 4) is 0 Å². The highest BCUT2D eigenvalue weighted by molar-refractivity contribution is 5.95. The molecule has 2 rings (SSSR count). The molecule has 20 heavy (non-hydrogen) atoms. The summed E-state index contributed by atoms with van der Waals surface area (Å²) in [6.45, 7) is 4.89. The van der Waals surface area contributed by atoms with Crippen molar-refractivity contribution in [3.05, 3.63) is 53.6 Å². The molecule has 0 unspecified atom stereocenters. The second-order valence-corrected chi connectivity index (χ2v) is 4.72. The molecule has 0 fully saturated rings. The number of benzene rings is 2. The second kappa shape index (κ2) is 5.65. The monoisotopic (exact) mass is 269 g/mol. The van der Waals surface area contributed by atoms with Gasteiger partial charge in [-0.2, -0.15) is 0 Å². The quantitative estimate of drug-likeness (QED) is 0.838. The van der Waals surface area contributed by atoms with Crippen molar-refractivity contribution in [2.45, 2.75) is 13.8 Å². The number of nitrogens with zero attached hydrogens (tertiary/aromatic N) is 1. The molecule has 0 saturated carbocycles. The van der Waals surface area contributed by atoms with Gasteiger partial charge in [0.25, 0.3) is 0 Å². The summed E-state index contributed by atoms with van der Waals surface area (Å²) in [5.74, 6) is -0.471. The number of hydrogen-bond acceptors (Lipinski definition) is 3. The van der Waals surface area contributed by atoms with E-state index in [1.165, 1.54) is 5.56 Å². The Balaban J connectivity index is 2.41. The number of primary amides is 1. The van der Waals surface area contributed by atoms with E-state index in [9.17, 15) is 4.79 Å². The van der Waals surface area contributed by atoms with Crippen LogP contribution >= 0.6 is 0 Å². The molecule has 2 aromatic rings. The molecule has 0 radical (unpaired) electrons. The lowest BCUT2D eigenvalue weighted by Crippen LogP contribution is -2.18. The van der Waals surface area contributed by atoms with E-state index in [4.69, 9.17) is 11.5 Å². The summed E-state index contributed by atoms with van der Waals surface area (Å²) in [5, 5.41) is 0. The van der Waals surface area contributed by atoms with Crippen molar-refractivity contribution in [2.24, 2.45) is 5.73 Å². The summed E-state index contributed by atoms with van der Waals surface area (Å²) in [6.07, 6.45) is 0. The second-order valence-electron chi connectivity index (χ2n) is 4.72. The summed E-state index contributed by atoms with van der Waals surface area (Å²) in [7, 11) is 0. The Morgan fingerprint density at radius 3 is 2.30 bits per heavy atom. The Hall–Kier alpha value is -2.49. The highest BCUT2D eigenvalue weighted by Gasteiger charge is 2.12. The van der Waals surface area contributed by atoms with E-state index >= 15 is 0 Å². The zero-order valence-corrected chi connectivity index (χ0v) is 11.8. The van der Waals surface area contributed by atoms with Crippen LogP contribution in [0.3, 0.4) is 0 Å². The smallest absolute Gasteiger partial charge is 0.248 e. The lowest BCUT2D eigenvalue weighted by atomic mass is 10.1. The first-order valence-electron chi connectivity index (χ1n) is 6.56. The average Bonchev–Trinajstić information content (AvgIpc) is 2.43. The van der Waals surface area contributed by atoms with Crippen molar-refractivity contribution in [3.63, 3.8) is 0 Å². The van der Waals surface area contributed by atoms with Crippen LogP contribution in [0.4, 0.5) is 17.1 Å². The molecule has 0 bridgehead atoms. The zero-order chi connectivity index (χ0) is 14.7. The van der Waals surface area contributed by atoms with Crippen molar-refractivity contribution >= 4 is 23.0 Å². The van der Waals surface area contributed by atoms with Gasteiger partial charge in [0, 0.05) is 17.8 Å². The van der Waals surface area contributed by atoms with Crippen LogP contribution in [-0.2, 0) is 0 Å². The maximum atomic E-state index is 11.2. The minimum absolute atomic E-state index is 0.422. The van der Waals surface area contributed by atoms with Crippen molar-refractivity contribution in [1.29, 1.82) is 0 Å². The van der Waals surface area contributed by atoms with E-state index < -0.39 is 5.91 Å². The van der Waals surface area contributed by atoms with Gasteiger partial charge in [-0.05, 0) is 44.2 Å². The fourth-order valence-corrected chi connectivity index (χ4v) is 2.17. The molecule has 104 valence electrons. The topological polar surface area (TPSA) is 72.3 Å². The highest BCUT2D eigenvalue weighted by atomic mass is 16.1. The van der Waals surface area contributed by atoms with Crippen molar-refractivity contribution < 1.29 is 4.79 Å². The molecule has 0 aromatic heterocycles. The summed E-state index contributed by atoms with van der Waals surface area (Å²) < 4.78 is 0. The van der Waals surface area contributed by atoms with Gasteiger partial charge >= 0.3 is 0 Å². The molecule has 4 N–H and O–H groups in total. The van der Waals surface area contributed by atoms with Crippen LogP contribution < -0.4 is 16.4 Å². The predicted octanol–water partition coefficient (Wildman–Crippen LogP) is 2.83. The molecule has 2 aromatic carbocycles. The van der Waals surface area contributed by atoms with E-state index in [1.54, 1.807) is 12.1 Å². The number of amides is 1. The molecule has 1 amide bonds. The third-order valence-electron chi connectivity index (χ3n) is 3.26. The van der Waals surface area contributed by atoms with Gasteiger partial charge in [0.2, 0.25) is 5.91 Å². The fraction of sp³-hybridized carbons (Fsp3) is 0.188. The summed E-state index contributed by atoms with van der Waals surface area (Å²) in [4.78, 5) is 13.3. The van der Waals surface area contributed by atoms with E-state index in [0.717, 1.165) is 17.9 Å². The Kier molecular flexibility index (Phi) is 3.94. The summed E-state index contributed by atoms with van der Waals surface area (Å²) >= 11 is 0. The van der Waals surface area contributed by atoms with Crippen LogP contribution in [0.25, 0.3) is 0 Å². The van der Waals surface area contributed by atoms with E-state index in [1.807, 2.05) is 6.07 Å². The highest BCUT2D eigenvalue weighted by Crippen LogP contribution is 2.31. The van der Waals surface area contributed by atoms with Crippen LogP contribution in [0.5, 0.6) is 0 Å². The molecule has 0 saturated heterocycles. The van der Waals surface area contributed by atoms with Gasteiger partial charge in [-0.3, -0.25) is 4.79 Å². The Labute approximate surface area is 119 Å². The van der Waals surface area contributed by atoms with Gasteiger partial charge < -0.3 is 16.4 Å². The first kappa shape index (κ1) is 13.9. The van der Waals surface area contributed by atoms with Crippen molar-refractivity contribution in [1.82, 2.24) is 0 Å². The first-order valence-corrected chi connectivity index (χ1v) is 6.56. The summed E-state index contributed by atoms with van der Waals surface area (Å²) in [6, 6.07) is 13.4. The number of anilines is 3. The lowest BCUT2D eigenvalue weighted by molar-refractivity contribution is 0.100. The zero-order valence-electron chi connectivity index (χ0n) is 11.8. The van der Waals surface area contributed by atoms with Crippen LogP contribution in [0.2, 0.25) is 0 Å². The number of carbonyl (C=O) groups excluding carboxylic acids is 1.